The van der Waals surface area contributed by atoms with Gasteiger partial charge < -0.3 is 14.5 Å². The zero-order valence-corrected chi connectivity index (χ0v) is 23.4. The molecule has 2 aliphatic rings. The lowest BCUT2D eigenvalue weighted by atomic mass is 10.0. The molecule has 206 valence electrons. The molecule has 9 nitrogen and oxygen atoms in total. The molecule has 2 amide bonds. The number of hydrogen-bond acceptors (Lipinski definition) is 5. The molecule has 2 aromatic carbocycles. The van der Waals surface area contributed by atoms with Crippen molar-refractivity contribution in [3.05, 3.63) is 101 Å². The molecule has 41 heavy (non-hydrogen) atoms. The number of halogens is 1. The Bertz CT molecular complexity index is 1830. The van der Waals surface area contributed by atoms with E-state index in [0.717, 1.165) is 33.3 Å². The number of likely N-dealkylation sites (N-methyl/N-ethyl adjacent to an activating group) is 1. The number of pyridine rings is 1. The maximum absolute atomic E-state index is 13.9. The first-order valence-corrected chi connectivity index (χ1v) is 13.8. The number of ether oxygens (including phenoxy) is 1. The second kappa shape index (κ2) is 9.78. The number of amides is 2. The summed E-state index contributed by atoms with van der Waals surface area (Å²) in [7, 11) is 3.39. The Labute approximate surface area is 241 Å². The van der Waals surface area contributed by atoms with Crippen LogP contribution in [-0.2, 0) is 24.2 Å². The number of anilines is 1. The molecule has 0 aliphatic carbocycles. The van der Waals surface area contributed by atoms with Crippen LogP contribution in [0.5, 0.6) is 5.75 Å². The van der Waals surface area contributed by atoms with Crippen LogP contribution in [0.2, 0.25) is 5.15 Å². The highest BCUT2D eigenvalue weighted by Gasteiger charge is 2.41. The van der Waals surface area contributed by atoms with Crippen molar-refractivity contribution in [3.63, 3.8) is 0 Å². The van der Waals surface area contributed by atoms with Crippen molar-refractivity contribution in [1.29, 1.82) is 0 Å². The minimum Gasteiger partial charge on any atom is -0.493 e. The maximum Gasteiger partial charge on any atom is 0.275 e. The average Bonchev–Trinajstić information content (AvgIpc) is 3.50. The third-order valence-corrected chi connectivity index (χ3v) is 8.50. The van der Waals surface area contributed by atoms with E-state index in [1.165, 1.54) is 0 Å². The van der Waals surface area contributed by atoms with Crippen LogP contribution in [0, 0.1) is 0 Å². The molecule has 0 saturated carbocycles. The number of carbonyl (C=O) groups excluding carboxylic acids is 2. The number of carbonyl (C=O) groups is 2. The SMILES string of the molecule is COc1cccnc1-n1cc2c3c(cccc31)N(C)C(=O)[C@@H](N1CCc3c(nn(Cc4ccccc4)c3Cl)C1=O)C2. The fourth-order valence-corrected chi connectivity index (χ4v) is 6.34. The molecule has 0 N–H and O–H groups in total. The van der Waals surface area contributed by atoms with Crippen molar-refractivity contribution in [3.8, 4) is 11.6 Å². The topological polar surface area (TPSA) is 85.5 Å². The lowest BCUT2D eigenvalue weighted by Gasteiger charge is -2.34. The first-order valence-electron chi connectivity index (χ1n) is 13.5. The minimum absolute atomic E-state index is 0.137. The molecular formula is C31H27ClN6O3. The van der Waals surface area contributed by atoms with Gasteiger partial charge in [0, 0.05) is 43.4 Å². The Morgan fingerprint density at radius 1 is 1.05 bits per heavy atom. The van der Waals surface area contributed by atoms with Crippen molar-refractivity contribution in [2.24, 2.45) is 0 Å². The van der Waals surface area contributed by atoms with E-state index in [9.17, 15) is 9.59 Å². The van der Waals surface area contributed by atoms with Crippen LogP contribution in [0.4, 0.5) is 5.69 Å². The molecule has 10 heteroatoms. The molecule has 0 bridgehead atoms. The van der Waals surface area contributed by atoms with E-state index in [1.807, 2.05) is 71.4 Å². The Morgan fingerprint density at radius 2 is 1.88 bits per heavy atom. The molecule has 5 heterocycles. The number of hydrogen-bond donors (Lipinski definition) is 0. The first kappa shape index (κ1) is 25.3. The Kier molecular flexibility index (Phi) is 6.04. The van der Waals surface area contributed by atoms with Gasteiger partial charge in [-0.15, -0.1) is 0 Å². The number of fused-ring (bicyclic) bond motifs is 1. The van der Waals surface area contributed by atoms with E-state index in [1.54, 1.807) is 34.8 Å². The van der Waals surface area contributed by atoms with Gasteiger partial charge >= 0.3 is 0 Å². The van der Waals surface area contributed by atoms with Gasteiger partial charge in [-0.05, 0) is 41.8 Å². The van der Waals surface area contributed by atoms with Crippen LogP contribution in [-0.4, -0.2) is 62.8 Å². The molecule has 0 spiro atoms. The van der Waals surface area contributed by atoms with E-state index in [0.29, 0.717) is 48.3 Å². The fraction of sp³-hybridized carbons (Fsp3) is 0.226. The van der Waals surface area contributed by atoms with Gasteiger partial charge in [0.2, 0.25) is 5.91 Å². The van der Waals surface area contributed by atoms with Crippen LogP contribution < -0.4 is 9.64 Å². The van der Waals surface area contributed by atoms with Gasteiger partial charge in [-0.25, -0.2) is 9.67 Å². The highest BCUT2D eigenvalue weighted by molar-refractivity contribution is 6.31. The van der Waals surface area contributed by atoms with Gasteiger partial charge in [-0.2, -0.15) is 5.10 Å². The predicted octanol–water partition coefficient (Wildman–Crippen LogP) is 4.52. The molecule has 1 atom stereocenters. The second-order valence-electron chi connectivity index (χ2n) is 10.4. The molecule has 0 fully saturated rings. The molecule has 3 aromatic heterocycles. The smallest absolute Gasteiger partial charge is 0.275 e. The lowest BCUT2D eigenvalue weighted by Crippen LogP contribution is -2.53. The van der Waals surface area contributed by atoms with Crippen molar-refractivity contribution in [2.45, 2.75) is 25.4 Å². The summed E-state index contributed by atoms with van der Waals surface area (Å²) in [5.74, 6) is 0.884. The molecule has 0 radical (unpaired) electrons. The Balaban J connectivity index is 1.27. The van der Waals surface area contributed by atoms with Gasteiger partial charge in [0.15, 0.2) is 17.3 Å². The Morgan fingerprint density at radius 3 is 2.68 bits per heavy atom. The number of nitrogens with zero attached hydrogens (tertiary/aromatic N) is 6. The van der Waals surface area contributed by atoms with Gasteiger partial charge in [-0.1, -0.05) is 48.0 Å². The highest BCUT2D eigenvalue weighted by atomic mass is 35.5. The minimum atomic E-state index is -0.698. The fourth-order valence-electron chi connectivity index (χ4n) is 6.06. The second-order valence-corrected chi connectivity index (χ2v) is 10.7. The number of rotatable bonds is 5. The molecular weight excluding hydrogens is 540 g/mol. The van der Waals surface area contributed by atoms with E-state index < -0.39 is 6.04 Å². The molecule has 0 saturated heterocycles. The van der Waals surface area contributed by atoms with Crippen LogP contribution in [0.1, 0.15) is 27.2 Å². The first-order chi connectivity index (χ1) is 20.0. The standard InChI is InChI=1S/C31H27ClN6O3/c1-35-22-10-6-11-23-26(22)20(18-37(23)29-25(41-2)12-7-14-33-29)16-24(30(35)39)36-15-13-21-27(31(36)40)34-38(28(21)32)17-19-8-4-3-5-9-19/h3-12,14,18,24H,13,15-17H2,1-2H3/t24-/m0/s1. The molecule has 0 unspecified atom stereocenters. The van der Waals surface area contributed by atoms with Crippen molar-refractivity contribution < 1.29 is 14.3 Å². The largest absolute Gasteiger partial charge is 0.493 e. The molecule has 5 aromatic rings. The summed E-state index contributed by atoms with van der Waals surface area (Å²) in [6.45, 7) is 0.837. The summed E-state index contributed by atoms with van der Waals surface area (Å²) in [5, 5.41) is 6.05. The maximum atomic E-state index is 13.9. The number of methoxy groups -OCH3 is 1. The lowest BCUT2D eigenvalue weighted by molar-refractivity contribution is -0.122. The quantitative estimate of drug-likeness (QED) is 0.312. The third-order valence-electron chi connectivity index (χ3n) is 8.08. The van der Waals surface area contributed by atoms with Crippen LogP contribution in [0.25, 0.3) is 16.7 Å². The van der Waals surface area contributed by atoms with E-state index in [2.05, 4.69) is 10.1 Å². The van der Waals surface area contributed by atoms with E-state index >= 15 is 0 Å². The van der Waals surface area contributed by atoms with Crippen LogP contribution in [0.15, 0.2) is 73.1 Å². The summed E-state index contributed by atoms with van der Waals surface area (Å²) in [5.41, 5.74) is 4.74. The summed E-state index contributed by atoms with van der Waals surface area (Å²) >= 11 is 6.71. The van der Waals surface area contributed by atoms with Gasteiger partial charge in [0.05, 0.1) is 24.9 Å². The van der Waals surface area contributed by atoms with Crippen molar-refractivity contribution >= 4 is 40.0 Å². The average molecular weight is 567 g/mol. The van der Waals surface area contributed by atoms with Gasteiger partial charge in [0.25, 0.3) is 5.91 Å². The zero-order valence-electron chi connectivity index (χ0n) is 22.6. The van der Waals surface area contributed by atoms with Gasteiger partial charge in [0.1, 0.15) is 11.2 Å². The molecule has 2 aliphatic heterocycles. The Hall–Kier alpha value is -4.63. The molecule has 7 rings (SSSR count). The third kappa shape index (κ3) is 3.99. The predicted molar refractivity (Wildman–Crippen MR) is 156 cm³/mol. The number of benzene rings is 2. The summed E-state index contributed by atoms with van der Waals surface area (Å²) in [4.78, 5) is 35.7. The summed E-state index contributed by atoms with van der Waals surface area (Å²) < 4.78 is 9.26. The monoisotopic (exact) mass is 566 g/mol. The summed E-state index contributed by atoms with van der Waals surface area (Å²) in [6.07, 6.45) is 4.61. The van der Waals surface area contributed by atoms with Crippen LogP contribution in [0.3, 0.4) is 0 Å². The highest BCUT2D eigenvalue weighted by Crippen LogP contribution is 2.39. The van der Waals surface area contributed by atoms with Crippen molar-refractivity contribution in [2.75, 3.05) is 25.6 Å². The van der Waals surface area contributed by atoms with Gasteiger partial charge in [-0.3, -0.25) is 14.2 Å². The van der Waals surface area contributed by atoms with E-state index in [-0.39, 0.29) is 11.8 Å². The van der Waals surface area contributed by atoms with E-state index in [4.69, 9.17) is 16.3 Å². The summed E-state index contributed by atoms with van der Waals surface area (Å²) in [6, 6.07) is 18.7. The van der Waals surface area contributed by atoms with Crippen LogP contribution >= 0.6 is 11.6 Å². The number of aromatic nitrogens is 4. The van der Waals surface area contributed by atoms with Crippen molar-refractivity contribution in [1.82, 2.24) is 24.2 Å². The zero-order chi connectivity index (χ0) is 28.2. The normalized spacial score (nSPS) is 16.7.